The zero-order valence-electron chi connectivity index (χ0n) is 12.4. The van der Waals surface area contributed by atoms with Crippen LogP contribution in [0, 0.1) is 6.92 Å². The van der Waals surface area contributed by atoms with Crippen LogP contribution < -0.4 is 10.1 Å². The predicted octanol–water partition coefficient (Wildman–Crippen LogP) is 3.29. The van der Waals surface area contributed by atoms with Gasteiger partial charge in [0.15, 0.2) is 0 Å². The summed E-state index contributed by atoms with van der Waals surface area (Å²) in [6.07, 6.45) is 4.53. The molecule has 1 unspecified atom stereocenters. The SMILES string of the molecule is CCNC(Cc1cccc(C)c1)c1ccncc1OC. The molecule has 0 saturated heterocycles. The summed E-state index contributed by atoms with van der Waals surface area (Å²) >= 11 is 0. The normalized spacial score (nSPS) is 12.2. The van der Waals surface area contributed by atoms with E-state index in [4.69, 9.17) is 4.74 Å². The Balaban J connectivity index is 2.26. The zero-order valence-corrected chi connectivity index (χ0v) is 12.4. The summed E-state index contributed by atoms with van der Waals surface area (Å²) < 4.78 is 5.43. The highest BCUT2D eigenvalue weighted by molar-refractivity contribution is 5.34. The van der Waals surface area contributed by atoms with Gasteiger partial charge in [-0.1, -0.05) is 36.8 Å². The molecule has 1 aromatic heterocycles. The Labute approximate surface area is 121 Å². The highest BCUT2D eigenvalue weighted by atomic mass is 16.5. The van der Waals surface area contributed by atoms with Gasteiger partial charge in [-0.15, -0.1) is 0 Å². The number of rotatable bonds is 6. The molecule has 3 heteroatoms. The number of ether oxygens (including phenoxy) is 1. The van der Waals surface area contributed by atoms with Gasteiger partial charge in [-0.3, -0.25) is 4.98 Å². The molecule has 1 N–H and O–H groups in total. The summed E-state index contributed by atoms with van der Waals surface area (Å²) in [6, 6.07) is 10.9. The number of aromatic nitrogens is 1. The van der Waals surface area contributed by atoms with E-state index in [0.29, 0.717) is 0 Å². The second-order valence-electron chi connectivity index (χ2n) is 4.92. The molecule has 2 rings (SSSR count). The fourth-order valence-corrected chi connectivity index (χ4v) is 2.46. The Morgan fingerprint density at radius 2 is 2.15 bits per heavy atom. The second kappa shape index (κ2) is 7.06. The summed E-state index contributed by atoms with van der Waals surface area (Å²) in [5.74, 6) is 0.839. The molecule has 20 heavy (non-hydrogen) atoms. The summed E-state index contributed by atoms with van der Waals surface area (Å²) in [4.78, 5) is 4.13. The van der Waals surface area contributed by atoms with E-state index in [-0.39, 0.29) is 6.04 Å². The lowest BCUT2D eigenvalue weighted by Crippen LogP contribution is -2.23. The molecule has 0 aliphatic rings. The first-order chi connectivity index (χ1) is 9.74. The maximum Gasteiger partial charge on any atom is 0.141 e. The van der Waals surface area contributed by atoms with Gasteiger partial charge < -0.3 is 10.1 Å². The molecular formula is C17H22N2O. The van der Waals surface area contributed by atoms with E-state index >= 15 is 0 Å². The molecule has 1 heterocycles. The number of nitrogens with zero attached hydrogens (tertiary/aromatic N) is 1. The maximum absolute atomic E-state index is 5.43. The average molecular weight is 270 g/mol. The van der Waals surface area contributed by atoms with Crippen LogP contribution in [0.5, 0.6) is 5.75 Å². The van der Waals surface area contributed by atoms with E-state index in [1.807, 2.05) is 12.3 Å². The topological polar surface area (TPSA) is 34.2 Å². The van der Waals surface area contributed by atoms with E-state index in [1.165, 1.54) is 11.1 Å². The highest BCUT2D eigenvalue weighted by Gasteiger charge is 2.15. The number of methoxy groups -OCH3 is 1. The minimum atomic E-state index is 0.236. The van der Waals surface area contributed by atoms with Crippen LogP contribution in [0.2, 0.25) is 0 Å². The van der Waals surface area contributed by atoms with Gasteiger partial charge in [-0.05, 0) is 31.5 Å². The van der Waals surface area contributed by atoms with Crippen molar-refractivity contribution >= 4 is 0 Å². The summed E-state index contributed by atoms with van der Waals surface area (Å²) in [5.41, 5.74) is 3.78. The van der Waals surface area contributed by atoms with Crippen LogP contribution >= 0.6 is 0 Å². The van der Waals surface area contributed by atoms with Gasteiger partial charge in [0.05, 0.1) is 13.3 Å². The largest absolute Gasteiger partial charge is 0.495 e. The molecule has 0 aliphatic carbocycles. The first-order valence-corrected chi connectivity index (χ1v) is 7.01. The van der Waals surface area contributed by atoms with E-state index in [2.05, 4.69) is 48.4 Å². The third-order valence-corrected chi connectivity index (χ3v) is 3.38. The molecule has 0 fully saturated rings. The van der Waals surface area contributed by atoms with Crippen molar-refractivity contribution in [3.05, 3.63) is 59.4 Å². The third-order valence-electron chi connectivity index (χ3n) is 3.38. The fraction of sp³-hybridized carbons (Fsp3) is 0.353. The first kappa shape index (κ1) is 14.5. The Morgan fingerprint density at radius 1 is 1.30 bits per heavy atom. The van der Waals surface area contributed by atoms with Crippen LogP contribution in [-0.2, 0) is 6.42 Å². The fourth-order valence-electron chi connectivity index (χ4n) is 2.46. The van der Waals surface area contributed by atoms with E-state index in [1.54, 1.807) is 13.3 Å². The van der Waals surface area contributed by atoms with Gasteiger partial charge >= 0.3 is 0 Å². The Hall–Kier alpha value is -1.87. The maximum atomic E-state index is 5.43. The van der Waals surface area contributed by atoms with Crippen molar-refractivity contribution in [2.75, 3.05) is 13.7 Å². The monoisotopic (exact) mass is 270 g/mol. The number of hydrogen-bond donors (Lipinski definition) is 1. The third kappa shape index (κ3) is 3.58. The lowest BCUT2D eigenvalue weighted by Gasteiger charge is -2.20. The van der Waals surface area contributed by atoms with Crippen molar-refractivity contribution in [2.45, 2.75) is 26.3 Å². The molecule has 1 atom stereocenters. The van der Waals surface area contributed by atoms with Gasteiger partial charge in [-0.25, -0.2) is 0 Å². The van der Waals surface area contributed by atoms with Crippen LogP contribution in [0.4, 0.5) is 0 Å². The number of pyridine rings is 1. The summed E-state index contributed by atoms with van der Waals surface area (Å²) in [7, 11) is 1.69. The van der Waals surface area contributed by atoms with Crippen LogP contribution in [0.1, 0.15) is 29.7 Å². The van der Waals surface area contributed by atoms with Crippen molar-refractivity contribution in [3.63, 3.8) is 0 Å². The quantitative estimate of drug-likeness (QED) is 0.874. The van der Waals surface area contributed by atoms with Crippen molar-refractivity contribution in [3.8, 4) is 5.75 Å². The highest BCUT2D eigenvalue weighted by Crippen LogP contribution is 2.26. The molecule has 0 radical (unpaired) electrons. The van der Waals surface area contributed by atoms with Gasteiger partial charge in [0, 0.05) is 17.8 Å². The van der Waals surface area contributed by atoms with Crippen molar-refractivity contribution < 1.29 is 4.74 Å². The van der Waals surface area contributed by atoms with Crippen LogP contribution in [-0.4, -0.2) is 18.6 Å². The van der Waals surface area contributed by atoms with Crippen LogP contribution in [0.15, 0.2) is 42.7 Å². The van der Waals surface area contributed by atoms with Crippen LogP contribution in [0.3, 0.4) is 0 Å². The van der Waals surface area contributed by atoms with E-state index in [9.17, 15) is 0 Å². The second-order valence-corrected chi connectivity index (χ2v) is 4.92. The van der Waals surface area contributed by atoms with Crippen molar-refractivity contribution in [1.29, 1.82) is 0 Å². The smallest absolute Gasteiger partial charge is 0.141 e. The Morgan fingerprint density at radius 3 is 2.85 bits per heavy atom. The Kier molecular flexibility index (Phi) is 5.13. The zero-order chi connectivity index (χ0) is 14.4. The van der Waals surface area contributed by atoms with E-state index < -0.39 is 0 Å². The number of benzene rings is 1. The van der Waals surface area contributed by atoms with Crippen molar-refractivity contribution in [2.24, 2.45) is 0 Å². The van der Waals surface area contributed by atoms with E-state index in [0.717, 1.165) is 24.3 Å². The minimum absolute atomic E-state index is 0.236. The molecule has 1 aromatic carbocycles. The van der Waals surface area contributed by atoms with Gasteiger partial charge in [0.25, 0.3) is 0 Å². The number of likely N-dealkylation sites (N-methyl/N-ethyl adjacent to an activating group) is 1. The van der Waals surface area contributed by atoms with Crippen molar-refractivity contribution in [1.82, 2.24) is 10.3 Å². The van der Waals surface area contributed by atoms with Gasteiger partial charge in [0.1, 0.15) is 5.75 Å². The molecule has 0 aliphatic heterocycles. The first-order valence-electron chi connectivity index (χ1n) is 7.01. The van der Waals surface area contributed by atoms with Crippen LogP contribution in [0.25, 0.3) is 0 Å². The molecule has 2 aromatic rings. The number of nitrogens with one attached hydrogen (secondary N) is 1. The average Bonchev–Trinajstić information content (AvgIpc) is 2.47. The standard InChI is InChI=1S/C17H22N2O/c1-4-19-16(11-14-7-5-6-13(2)10-14)15-8-9-18-12-17(15)20-3/h5-10,12,16,19H,4,11H2,1-3H3. The molecule has 0 bridgehead atoms. The summed E-state index contributed by atoms with van der Waals surface area (Å²) in [6.45, 7) is 5.16. The molecule has 3 nitrogen and oxygen atoms in total. The molecule has 0 spiro atoms. The van der Waals surface area contributed by atoms with Gasteiger partial charge in [-0.2, -0.15) is 0 Å². The number of aryl methyl sites for hydroxylation is 1. The molecule has 0 amide bonds. The van der Waals surface area contributed by atoms with Gasteiger partial charge in [0.2, 0.25) is 0 Å². The predicted molar refractivity (Wildman–Crippen MR) is 82.1 cm³/mol. The lowest BCUT2D eigenvalue weighted by molar-refractivity contribution is 0.397. The molecular weight excluding hydrogens is 248 g/mol. The molecule has 0 saturated carbocycles. The Bertz CT molecular complexity index is 554. The lowest BCUT2D eigenvalue weighted by atomic mass is 9.98. The number of hydrogen-bond acceptors (Lipinski definition) is 3. The summed E-state index contributed by atoms with van der Waals surface area (Å²) in [5, 5.41) is 3.53. The molecule has 106 valence electrons. The minimum Gasteiger partial charge on any atom is -0.495 e.